The summed E-state index contributed by atoms with van der Waals surface area (Å²) < 4.78 is 0. The van der Waals surface area contributed by atoms with Crippen LogP contribution in [0.25, 0.3) is 0 Å². The van der Waals surface area contributed by atoms with Gasteiger partial charge in [-0.3, -0.25) is 4.79 Å². The molecule has 3 nitrogen and oxygen atoms in total. The van der Waals surface area contributed by atoms with Crippen molar-refractivity contribution in [3.8, 4) is 0 Å². The van der Waals surface area contributed by atoms with E-state index >= 15 is 0 Å². The van der Waals surface area contributed by atoms with E-state index in [1.54, 1.807) is 5.38 Å². The molecule has 0 saturated heterocycles. The molecule has 0 radical (unpaired) electrons. The highest BCUT2D eigenvalue weighted by Gasteiger charge is 2.09. The zero-order chi connectivity index (χ0) is 10.4. The van der Waals surface area contributed by atoms with Crippen LogP contribution in [0.3, 0.4) is 0 Å². The molecule has 0 aliphatic heterocycles. The average Bonchev–Trinajstić information content (AvgIpc) is 2.66. The number of nitrogens with two attached hydrogens (primary N) is 1. The lowest BCUT2D eigenvalue weighted by molar-refractivity contribution is 0.0975. The number of carbonyl (C=O) groups excluding carboxylic acids is 1. The molecule has 1 heterocycles. The van der Waals surface area contributed by atoms with E-state index in [-0.39, 0.29) is 5.78 Å². The van der Waals surface area contributed by atoms with Crippen LogP contribution in [0.4, 0.5) is 0 Å². The van der Waals surface area contributed by atoms with Gasteiger partial charge in [0.15, 0.2) is 5.78 Å². The highest BCUT2D eigenvalue weighted by atomic mass is 32.1. The fraction of sp³-hybridized carbons (Fsp3) is 0.600. The van der Waals surface area contributed by atoms with Crippen LogP contribution in [0.1, 0.15) is 48.1 Å². The summed E-state index contributed by atoms with van der Waals surface area (Å²) in [6, 6.07) is 0. The second-order valence-electron chi connectivity index (χ2n) is 3.21. The fourth-order valence-corrected chi connectivity index (χ4v) is 1.88. The number of ketones is 1. The number of Topliss-reactive ketones (excluding diaryl/α,β-unsaturated/α-hetero) is 1. The molecule has 78 valence electrons. The first kappa shape index (κ1) is 11.3. The Morgan fingerprint density at radius 3 is 2.93 bits per heavy atom. The van der Waals surface area contributed by atoms with Gasteiger partial charge in [-0.1, -0.05) is 19.8 Å². The molecule has 0 atom stereocenters. The summed E-state index contributed by atoms with van der Waals surface area (Å²) in [5.74, 6) is 0.148. The van der Waals surface area contributed by atoms with Gasteiger partial charge in [-0.05, 0) is 6.42 Å². The molecule has 0 aromatic carbocycles. The van der Waals surface area contributed by atoms with Crippen molar-refractivity contribution in [2.75, 3.05) is 0 Å². The maximum absolute atomic E-state index is 11.6. The van der Waals surface area contributed by atoms with E-state index in [4.69, 9.17) is 5.73 Å². The monoisotopic (exact) mass is 212 g/mol. The van der Waals surface area contributed by atoms with Gasteiger partial charge in [-0.15, -0.1) is 11.3 Å². The largest absolute Gasteiger partial charge is 0.325 e. The van der Waals surface area contributed by atoms with Gasteiger partial charge in [0.1, 0.15) is 10.7 Å². The zero-order valence-corrected chi connectivity index (χ0v) is 9.27. The molecule has 0 spiro atoms. The minimum atomic E-state index is 0.148. The zero-order valence-electron chi connectivity index (χ0n) is 8.45. The van der Waals surface area contributed by atoms with Crippen LogP contribution < -0.4 is 5.73 Å². The summed E-state index contributed by atoms with van der Waals surface area (Å²) in [4.78, 5) is 15.7. The van der Waals surface area contributed by atoms with E-state index in [0.29, 0.717) is 18.7 Å². The van der Waals surface area contributed by atoms with Crippen molar-refractivity contribution < 1.29 is 4.79 Å². The minimum absolute atomic E-state index is 0.148. The van der Waals surface area contributed by atoms with Crippen molar-refractivity contribution in [3.05, 3.63) is 16.1 Å². The van der Waals surface area contributed by atoms with Crippen molar-refractivity contribution in [2.24, 2.45) is 5.73 Å². The Morgan fingerprint density at radius 1 is 1.57 bits per heavy atom. The van der Waals surface area contributed by atoms with Crippen LogP contribution in [0, 0.1) is 0 Å². The third-order valence-corrected chi connectivity index (χ3v) is 2.89. The van der Waals surface area contributed by atoms with E-state index in [0.717, 1.165) is 24.3 Å². The lowest BCUT2D eigenvalue weighted by atomic mass is 10.1. The van der Waals surface area contributed by atoms with Crippen molar-refractivity contribution >= 4 is 17.1 Å². The first-order valence-electron chi connectivity index (χ1n) is 4.95. The van der Waals surface area contributed by atoms with Gasteiger partial charge in [0.25, 0.3) is 0 Å². The highest BCUT2D eigenvalue weighted by molar-refractivity contribution is 7.09. The van der Waals surface area contributed by atoms with Crippen LogP contribution in [-0.2, 0) is 6.54 Å². The number of rotatable bonds is 6. The molecule has 1 aromatic rings. The van der Waals surface area contributed by atoms with Gasteiger partial charge >= 0.3 is 0 Å². The van der Waals surface area contributed by atoms with Gasteiger partial charge in [0, 0.05) is 18.3 Å². The van der Waals surface area contributed by atoms with Crippen molar-refractivity contribution in [1.29, 1.82) is 0 Å². The third-order valence-electron chi connectivity index (χ3n) is 2.02. The quantitative estimate of drug-likeness (QED) is 0.581. The van der Waals surface area contributed by atoms with E-state index < -0.39 is 0 Å². The number of aromatic nitrogens is 1. The standard InChI is InChI=1S/C10H16N2OS/c1-2-3-4-5-9(13)8-7-14-10(6-11)12-8/h7H,2-6,11H2,1H3. The number of unbranched alkanes of at least 4 members (excludes halogenated alkanes) is 2. The van der Waals surface area contributed by atoms with E-state index in [9.17, 15) is 4.79 Å². The Balaban J connectivity index is 2.44. The SMILES string of the molecule is CCCCCC(=O)c1csc(CN)n1. The number of hydrogen-bond acceptors (Lipinski definition) is 4. The maximum atomic E-state index is 11.6. The molecule has 4 heteroatoms. The molecule has 0 bridgehead atoms. The fourth-order valence-electron chi connectivity index (χ4n) is 1.20. The number of thiazole rings is 1. The van der Waals surface area contributed by atoms with Gasteiger partial charge in [-0.25, -0.2) is 4.98 Å². The molecule has 0 aliphatic carbocycles. The summed E-state index contributed by atoms with van der Waals surface area (Å²) in [5, 5.41) is 2.64. The highest BCUT2D eigenvalue weighted by Crippen LogP contribution is 2.12. The summed E-state index contributed by atoms with van der Waals surface area (Å²) in [6.45, 7) is 2.55. The number of hydrogen-bond donors (Lipinski definition) is 1. The predicted molar refractivity (Wildman–Crippen MR) is 58.5 cm³/mol. The third kappa shape index (κ3) is 3.20. The maximum Gasteiger partial charge on any atom is 0.182 e. The Hall–Kier alpha value is -0.740. The molecule has 0 fully saturated rings. The summed E-state index contributed by atoms with van der Waals surface area (Å²) >= 11 is 1.46. The molecular formula is C10H16N2OS. The predicted octanol–water partition coefficient (Wildman–Crippen LogP) is 2.36. The Morgan fingerprint density at radius 2 is 2.36 bits per heavy atom. The number of nitrogens with zero attached hydrogens (tertiary/aromatic N) is 1. The first-order chi connectivity index (χ1) is 6.77. The van der Waals surface area contributed by atoms with Crippen LogP contribution in [-0.4, -0.2) is 10.8 Å². The normalized spacial score (nSPS) is 10.4. The molecule has 0 unspecified atom stereocenters. The number of carbonyl (C=O) groups is 1. The Bertz CT molecular complexity index is 296. The molecule has 14 heavy (non-hydrogen) atoms. The smallest absolute Gasteiger partial charge is 0.182 e. The van der Waals surface area contributed by atoms with Crippen LogP contribution in [0.15, 0.2) is 5.38 Å². The summed E-state index contributed by atoms with van der Waals surface area (Å²) in [6.07, 6.45) is 3.82. The van der Waals surface area contributed by atoms with Crippen molar-refractivity contribution in [3.63, 3.8) is 0 Å². The second kappa shape index (κ2) is 5.88. The molecule has 0 amide bonds. The summed E-state index contributed by atoms with van der Waals surface area (Å²) in [7, 11) is 0. The van der Waals surface area contributed by atoms with E-state index in [2.05, 4.69) is 11.9 Å². The molecule has 2 N–H and O–H groups in total. The van der Waals surface area contributed by atoms with Crippen LogP contribution >= 0.6 is 11.3 Å². The molecule has 1 aromatic heterocycles. The Labute approximate surface area is 88.3 Å². The molecule has 0 saturated carbocycles. The van der Waals surface area contributed by atoms with E-state index in [1.165, 1.54) is 11.3 Å². The second-order valence-corrected chi connectivity index (χ2v) is 4.15. The van der Waals surface area contributed by atoms with Gasteiger partial charge in [0.2, 0.25) is 0 Å². The van der Waals surface area contributed by atoms with Crippen molar-refractivity contribution in [1.82, 2.24) is 4.98 Å². The van der Waals surface area contributed by atoms with Crippen molar-refractivity contribution in [2.45, 2.75) is 39.2 Å². The van der Waals surface area contributed by atoms with Crippen LogP contribution in [0.2, 0.25) is 0 Å². The topological polar surface area (TPSA) is 56.0 Å². The first-order valence-corrected chi connectivity index (χ1v) is 5.83. The summed E-state index contributed by atoms with van der Waals surface area (Å²) in [5.41, 5.74) is 6.01. The minimum Gasteiger partial charge on any atom is -0.325 e. The van der Waals surface area contributed by atoms with E-state index in [1.807, 2.05) is 0 Å². The average molecular weight is 212 g/mol. The Kier molecular flexibility index (Phi) is 4.76. The van der Waals surface area contributed by atoms with Gasteiger partial charge in [-0.2, -0.15) is 0 Å². The molecule has 1 rings (SSSR count). The molecular weight excluding hydrogens is 196 g/mol. The lowest BCUT2D eigenvalue weighted by Crippen LogP contribution is -2.01. The van der Waals surface area contributed by atoms with Gasteiger partial charge in [0.05, 0.1) is 0 Å². The lowest BCUT2D eigenvalue weighted by Gasteiger charge is -1.95. The molecule has 0 aliphatic rings. The van der Waals surface area contributed by atoms with Gasteiger partial charge < -0.3 is 5.73 Å². The van der Waals surface area contributed by atoms with Crippen LogP contribution in [0.5, 0.6) is 0 Å².